The zero-order valence-corrected chi connectivity index (χ0v) is 16.8. The van der Waals surface area contributed by atoms with E-state index in [1.165, 1.54) is 12.1 Å². The number of aromatic nitrogens is 1. The summed E-state index contributed by atoms with van der Waals surface area (Å²) < 4.78 is 20.7. The maximum atomic E-state index is 14.0. The van der Waals surface area contributed by atoms with E-state index >= 15 is 0 Å². The van der Waals surface area contributed by atoms with Crippen LogP contribution in [0.15, 0.2) is 60.4 Å². The number of rotatable bonds is 6. The van der Waals surface area contributed by atoms with Crippen LogP contribution in [0.3, 0.4) is 0 Å². The Morgan fingerprint density at radius 3 is 2.65 bits per heavy atom. The van der Waals surface area contributed by atoms with E-state index in [1.54, 1.807) is 35.9 Å². The first-order valence-corrected chi connectivity index (χ1v) is 9.79. The minimum atomic E-state index is -0.616. The number of para-hydroxylation sites is 1. The summed E-state index contributed by atoms with van der Waals surface area (Å²) in [6, 6.07) is 12.8. The van der Waals surface area contributed by atoms with E-state index in [0.717, 1.165) is 15.8 Å². The molecule has 1 aliphatic rings. The molecule has 8 heteroatoms. The molecule has 0 unspecified atom stereocenters. The summed E-state index contributed by atoms with van der Waals surface area (Å²) in [5, 5.41) is 3.37. The highest BCUT2D eigenvalue weighted by atomic mass is 19.1. The van der Waals surface area contributed by atoms with Crippen LogP contribution in [0.1, 0.15) is 18.1 Å². The molecular weight excluding hydrogens is 401 g/mol. The topological polar surface area (TPSA) is 80.6 Å². The second kappa shape index (κ2) is 8.43. The third-order valence-corrected chi connectivity index (χ3v) is 4.97. The van der Waals surface area contributed by atoms with Gasteiger partial charge in [0.1, 0.15) is 18.1 Å². The van der Waals surface area contributed by atoms with Crippen molar-refractivity contribution in [1.29, 1.82) is 0 Å². The summed E-state index contributed by atoms with van der Waals surface area (Å²) in [6.45, 7) is 1.88. The molecule has 2 heterocycles. The third-order valence-electron chi connectivity index (χ3n) is 4.97. The number of esters is 1. The number of carbonyl (C=O) groups is 3. The van der Waals surface area contributed by atoms with E-state index < -0.39 is 17.8 Å². The summed E-state index contributed by atoms with van der Waals surface area (Å²) in [5.41, 5.74) is 1.79. The van der Waals surface area contributed by atoms with E-state index in [-0.39, 0.29) is 36.9 Å². The quantitative estimate of drug-likeness (QED) is 0.376. The predicted molar refractivity (Wildman–Crippen MR) is 112 cm³/mol. The van der Waals surface area contributed by atoms with Gasteiger partial charge in [0.25, 0.3) is 5.91 Å². The largest absolute Gasteiger partial charge is 0.465 e. The normalized spacial score (nSPS) is 15.0. The highest BCUT2D eigenvalue weighted by molar-refractivity contribution is 6.14. The second-order valence-corrected chi connectivity index (χ2v) is 7.01. The molecule has 0 spiro atoms. The van der Waals surface area contributed by atoms with Crippen LogP contribution in [0, 0.1) is 5.82 Å². The number of hydrogen-bond donors (Lipinski definition) is 1. The number of imide groups is 1. The molecule has 4 rings (SSSR count). The molecule has 0 saturated carbocycles. The highest BCUT2D eigenvalue weighted by Crippen LogP contribution is 2.25. The molecule has 31 heavy (non-hydrogen) atoms. The Labute approximate surface area is 177 Å². The van der Waals surface area contributed by atoms with Crippen molar-refractivity contribution in [3.63, 3.8) is 0 Å². The van der Waals surface area contributed by atoms with Crippen molar-refractivity contribution in [3.05, 3.63) is 77.4 Å². The summed E-state index contributed by atoms with van der Waals surface area (Å²) in [6.07, 6.45) is 3.29. The summed E-state index contributed by atoms with van der Waals surface area (Å²) in [4.78, 5) is 38.1. The number of urea groups is 1. The first-order valence-electron chi connectivity index (χ1n) is 9.79. The fourth-order valence-electron chi connectivity index (χ4n) is 3.53. The van der Waals surface area contributed by atoms with E-state index in [9.17, 15) is 18.8 Å². The number of carbonyl (C=O) groups excluding carboxylic acids is 3. The Hall–Kier alpha value is -3.94. The Morgan fingerprint density at radius 1 is 1.13 bits per heavy atom. The molecule has 1 aromatic heterocycles. The first-order chi connectivity index (χ1) is 15.0. The molecule has 7 nitrogen and oxygen atoms in total. The van der Waals surface area contributed by atoms with E-state index in [1.807, 2.05) is 24.3 Å². The maximum absolute atomic E-state index is 14.0. The van der Waals surface area contributed by atoms with Crippen LogP contribution < -0.4 is 5.32 Å². The van der Waals surface area contributed by atoms with Crippen molar-refractivity contribution in [2.45, 2.75) is 20.0 Å². The summed E-state index contributed by atoms with van der Waals surface area (Å²) in [7, 11) is 0. The number of benzene rings is 2. The zero-order chi connectivity index (χ0) is 22.0. The summed E-state index contributed by atoms with van der Waals surface area (Å²) in [5.74, 6) is -1.40. The van der Waals surface area contributed by atoms with Crippen LogP contribution in [0.2, 0.25) is 0 Å². The lowest BCUT2D eigenvalue weighted by Gasteiger charge is -2.12. The van der Waals surface area contributed by atoms with Gasteiger partial charge < -0.3 is 14.6 Å². The van der Waals surface area contributed by atoms with Crippen molar-refractivity contribution in [1.82, 2.24) is 14.8 Å². The van der Waals surface area contributed by atoms with Crippen molar-refractivity contribution in [2.75, 3.05) is 6.61 Å². The minimum Gasteiger partial charge on any atom is -0.465 e. The number of nitrogens with zero attached hydrogens (tertiary/aromatic N) is 2. The molecule has 158 valence electrons. The van der Waals surface area contributed by atoms with Crippen LogP contribution in [0.25, 0.3) is 17.0 Å². The standard InChI is InChI=1S/C23H20FN3O4/c1-2-31-21(28)14-26-12-16(17-8-4-6-10-20(17)26)11-19-22(29)27(23(30)25-19)13-15-7-3-5-9-18(15)24/h3-12H,2,13-14H2,1H3,(H,25,30)/b19-11-. The predicted octanol–water partition coefficient (Wildman–Crippen LogP) is 3.44. The average Bonchev–Trinajstić information content (AvgIpc) is 3.22. The smallest absolute Gasteiger partial charge is 0.329 e. The number of ether oxygens (including phenoxy) is 1. The Kier molecular flexibility index (Phi) is 5.53. The van der Waals surface area contributed by atoms with Gasteiger partial charge in [0.15, 0.2) is 0 Å². The lowest BCUT2D eigenvalue weighted by Crippen LogP contribution is -2.30. The van der Waals surface area contributed by atoms with Gasteiger partial charge in [-0.25, -0.2) is 9.18 Å². The third kappa shape index (κ3) is 4.05. The molecule has 1 N–H and O–H groups in total. The van der Waals surface area contributed by atoms with Crippen molar-refractivity contribution in [3.8, 4) is 0 Å². The van der Waals surface area contributed by atoms with Crippen LogP contribution >= 0.6 is 0 Å². The first kappa shape index (κ1) is 20.3. The van der Waals surface area contributed by atoms with E-state index in [4.69, 9.17) is 4.74 Å². The van der Waals surface area contributed by atoms with Crippen molar-refractivity contribution >= 4 is 34.9 Å². The molecule has 1 aliphatic heterocycles. The van der Waals surface area contributed by atoms with Gasteiger partial charge in [0.2, 0.25) is 0 Å². The number of nitrogens with one attached hydrogen (secondary N) is 1. The number of hydrogen-bond acceptors (Lipinski definition) is 4. The average molecular weight is 421 g/mol. The van der Waals surface area contributed by atoms with Crippen LogP contribution in [0.4, 0.5) is 9.18 Å². The second-order valence-electron chi connectivity index (χ2n) is 7.01. The molecule has 0 radical (unpaired) electrons. The molecule has 3 amide bonds. The fraction of sp³-hybridized carbons (Fsp3) is 0.174. The van der Waals surface area contributed by atoms with Gasteiger partial charge in [-0.15, -0.1) is 0 Å². The Balaban J connectivity index is 1.64. The lowest BCUT2D eigenvalue weighted by atomic mass is 10.1. The molecule has 1 fully saturated rings. The van der Waals surface area contributed by atoms with Gasteiger partial charge in [-0.1, -0.05) is 36.4 Å². The fourth-order valence-corrected chi connectivity index (χ4v) is 3.53. The minimum absolute atomic E-state index is 0.0250. The highest BCUT2D eigenvalue weighted by Gasteiger charge is 2.34. The van der Waals surface area contributed by atoms with Crippen molar-refractivity contribution < 1.29 is 23.5 Å². The van der Waals surface area contributed by atoms with E-state index in [2.05, 4.69) is 5.32 Å². The monoisotopic (exact) mass is 421 g/mol. The maximum Gasteiger partial charge on any atom is 0.329 e. The number of halogens is 1. The molecule has 1 saturated heterocycles. The number of amides is 3. The molecular formula is C23H20FN3O4. The molecule has 2 aromatic carbocycles. The van der Waals surface area contributed by atoms with Crippen LogP contribution in [-0.4, -0.2) is 34.0 Å². The Morgan fingerprint density at radius 2 is 1.87 bits per heavy atom. The molecule has 0 bridgehead atoms. The summed E-state index contributed by atoms with van der Waals surface area (Å²) >= 11 is 0. The van der Waals surface area contributed by atoms with Gasteiger partial charge >= 0.3 is 12.0 Å². The van der Waals surface area contributed by atoms with Crippen LogP contribution in [0.5, 0.6) is 0 Å². The van der Waals surface area contributed by atoms with Gasteiger partial charge in [-0.2, -0.15) is 0 Å². The van der Waals surface area contributed by atoms with Crippen LogP contribution in [-0.2, 0) is 27.4 Å². The lowest BCUT2D eigenvalue weighted by molar-refractivity contribution is -0.143. The van der Waals surface area contributed by atoms with Gasteiger partial charge in [0, 0.05) is 28.2 Å². The zero-order valence-electron chi connectivity index (χ0n) is 16.8. The molecule has 0 aliphatic carbocycles. The number of fused-ring (bicyclic) bond motifs is 1. The Bertz CT molecular complexity index is 1210. The SMILES string of the molecule is CCOC(=O)Cn1cc(/C=C2\NC(=O)N(Cc3ccccc3F)C2=O)c2ccccc21. The van der Waals surface area contributed by atoms with Gasteiger partial charge in [0.05, 0.1) is 13.2 Å². The molecule has 0 atom stereocenters. The molecule has 3 aromatic rings. The van der Waals surface area contributed by atoms with Gasteiger partial charge in [-0.05, 0) is 25.1 Å². The van der Waals surface area contributed by atoms with Gasteiger partial charge in [-0.3, -0.25) is 14.5 Å². The van der Waals surface area contributed by atoms with E-state index in [0.29, 0.717) is 5.56 Å². The van der Waals surface area contributed by atoms with Crippen molar-refractivity contribution in [2.24, 2.45) is 0 Å².